The zero-order valence-electron chi connectivity index (χ0n) is 9.17. The fourth-order valence-corrected chi connectivity index (χ4v) is 2.19. The molecule has 3 nitrogen and oxygen atoms in total. The van der Waals surface area contributed by atoms with Gasteiger partial charge in [0.2, 0.25) is 0 Å². The second-order valence-corrected chi connectivity index (χ2v) is 4.76. The van der Waals surface area contributed by atoms with Crippen molar-refractivity contribution < 1.29 is 14.3 Å². The number of ether oxygens (including phenoxy) is 2. The predicted molar refractivity (Wildman–Crippen MR) is 61.8 cm³/mol. The van der Waals surface area contributed by atoms with Gasteiger partial charge in [-0.2, -0.15) is 0 Å². The van der Waals surface area contributed by atoms with Gasteiger partial charge < -0.3 is 9.47 Å². The molecule has 0 heterocycles. The smallest absolute Gasteiger partial charge is 0.156 e. The number of allylic oxidation sites excluding steroid dienone is 3. The number of halogens is 1. The van der Waals surface area contributed by atoms with Crippen LogP contribution < -0.4 is 0 Å². The van der Waals surface area contributed by atoms with Crippen LogP contribution in [0.15, 0.2) is 23.7 Å². The summed E-state index contributed by atoms with van der Waals surface area (Å²) in [6, 6.07) is 0. The van der Waals surface area contributed by atoms with E-state index in [1.165, 1.54) is 0 Å². The van der Waals surface area contributed by atoms with Gasteiger partial charge in [-0.25, -0.2) is 0 Å². The molecule has 0 N–H and O–H groups in total. The average Bonchev–Trinajstić information content (AvgIpc) is 2.27. The first-order chi connectivity index (χ1) is 7.07. The summed E-state index contributed by atoms with van der Waals surface area (Å²) in [6.07, 6.45) is 4.58. The van der Waals surface area contributed by atoms with Crippen LogP contribution in [0.2, 0.25) is 0 Å². The Bertz CT molecular complexity index is 320. The van der Waals surface area contributed by atoms with Crippen molar-refractivity contribution in [1.29, 1.82) is 0 Å². The Morgan fingerprint density at radius 2 is 2.20 bits per heavy atom. The standard InChI is InChI=1S/C11H15BrO3/c1-4-10(13)11(12)6-5-8(14-2)9(7-11)15-3/h5-6H,4,7H2,1-3H3. The fraction of sp³-hybridized carbons (Fsp3) is 0.545. The Morgan fingerprint density at radius 3 is 2.67 bits per heavy atom. The monoisotopic (exact) mass is 274 g/mol. The molecule has 84 valence electrons. The number of carbonyl (C=O) groups is 1. The molecule has 4 heteroatoms. The highest BCUT2D eigenvalue weighted by molar-refractivity contribution is 9.10. The quantitative estimate of drug-likeness (QED) is 0.740. The Hall–Kier alpha value is -0.770. The number of alkyl halides is 1. The Labute approximate surface area is 98.3 Å². The third-order valence-electron chi connectivity index (χ3n) is 2.44. The molecule has 0 aromatic rings. The summed E-state index contributed by atoms with van der Waals surface area (Å²) < 4.78 is 9.71. The number of carbonyl (C=O) groups excluding carboxylic acids is 1. The minimum absolute atomic E-state index is 0.142. The molecule has 1 atom stereocenters. The first kappa shape index (κ1) is 12.3. The summed E-state index contributed by atoms with van der Waals surface area (Å²) in [7, 11) is 3.17. The minimum atomic E-state index is -0.630. The van der Waals surface area contributed by atoms with Crippen LogP contribution in [0.5, 0.6) is 0 Å². The van der Waals surface area contributed by atoms with Gasteiger partial charge in [-0.15, -0.1) is 0 Å². The Balaban J connectivity index is 2.94. The zero-order valence-corrected chi connectivity index (χ0v) is 10.8. The van der Waals surface area contributed by atoms with Gasteiger partial charge in [0.15, 0.2) is 11.5 Å². The molecule has 1 rings (SSSR count). The summed E-state index contributed by atoms with van der Waals surface area (Å²) >= 11 is 3.45. The fourth-order valence-electron chi connectivity index (χ4n) is 1.52. The number of ketones is 1. The van der Waals surface area contributed by atoms with Crippen LogP contribution in [0, 0.1) is 0 Å². The average molecular weight is 275 g/mol. The van der Waals surface area contributed by atoms with E-state index in [0.717, 1.165) is 0 Å². The zero-order chi connectivity index (χ0) is 11.5. The van der Waals surface area contributed by atoms with E-state index in [4.69, 9.17) is 9.47 Å². The van der Waals surface area contributed by atoms with E-state index < -0.39 is 4.32 Å². The molecule has 0 amide bonds. The minimum Gasteiger partial charge on any atom is -0.497 e. The Morgan fingerprint density at radius 1 is 1.53 bits per heavy atom. The number of Topliss-reactive ketones (excluding diaryl/α,β-unsaturated/α-hetero) is 1. The molecule has 0 saturated carbocycles. The van der Waals surface area contributed by atoms with Gasteiger partial charge in [0, 0.05) is 12.8 Å². The molecule has 0 aromatic carbocycles. The van der Waals surface area contributed by atoms with Crippen molar-refractivity contribution in [3.63, 3.8) is 0 Å². The van der Waals surface area contributed by atoms with Crippen molar-refractivity contribution in [2.24, 2.45) is 0 Å². The largest absolute Gasteiger partial charge is 0.497 e. The summed E-state index contributed by atoms with van der Waals surface area (Å²) in [6.45, 7) is 1.85. The highest BCUT2D eigenvalue weighted by Crippen LogP contribution is 2.36. The van der Waals surface area contributed by atoms with Gasteiger partial charge in [0.25, 0.3) is 0 Å². The van der Waals surface area contributed by atoms with Gasteiger partial charge in [-0.05, 0) is 6.08 Å². The van der Waals surface area contributed by atoms with Gasteiger partial charge in [-0.3, -0.25) is 4.79 Å². The van der Waals surface area contributed by atoms with E-state index in [2.05, 4.69) is 15.9 Å². The lowest BCUT2D eigenvalue weighted by Crippen LogP contribution is -2.32. The predicted octanol–water partition coefficient (Wildman–Crippen LogP) is 2.56. The molecule has 0 spiro atoms. The van der Waals surface area contributed by atoms with Crippen molar-refractivity contribution in [3.8, 4) is 0 Å². The van der Waals surface area contributed by atoms with Crippen molar-refractivity contribution in [2.75, 3.05) is 14.2 Å². The van der Waals surface area contributed by atoms with E-state index in [1.54, 1.807) is 20.3 Å². The lowest BCUT2D eigenvalue weighted by molar-refractivity contribution is -0.120. The molecule has 0 bridgehead atoms. The second kappa shape index (κ2) is 4.84. The highest BCUT2D eigenvalue weighted by Gasteiger charge is 2.36. The first-order valence-corrected chi connectivity index (χ1v) is 5.59. The molecule has 1 aliphatic rings. The number of hydrogen-bond donors (Lipinski definition) is 0. The van der Waals surface area contributed by atoms with E-state index in [9.17, 15) is 4.79 Å². The maximum Gasteiger partial charge on any atom is 0.156 e. The van der Waals surface area contributed by atoms with E-state index in [0.29, 0.717) is 24.4 Å². The van der Waals surface area contributed by atoms with Crippen LogP contribution in [-0.4, -0.2) is 24.3 Å². The van der Waals surface area contributed by atoms with Crippen LogP contribution in [0.3, 0.4) is 0 Å². The van der Waals surface area contributed by atoms with Gasteiger partial charge >= 0.3 is 0 Å². The van der Waals surface area contributed by atoms with Gasteiger partial charge in [0.05, 0.1) is 14.2 Å². The summed E-state index contributed by atoms with van der Waals surface area (Å²) in [5, 5.41) is 0. The van der Waals surface area contributed by atoms with Crippen molar-refractivity contribution in [1.82, 2.24) is 0 Å². The topological polar surface area (TPSA) is 35.5 Å². The molecule has 0 saturated heterocycles. The summed E-state index contributed by atoms with van der Waals surface area (Å²) in [5.74, 6) is 1.51. The molecular formula is C11H15BrO3. The van der Waals surface area contributed by atoms with Crippen molar-refractivity contribution in [2.45, 2.75) is 24.1 Å². The third-order valence-corrected chi connectivity index (χ3v) is 3.43. The van der Waals surface area contributed by atoms with E-state index >= 15 is 0 Å². The van der Waals surface area contributed by atoms with Crippen LogP contribution in [0.25, 0.3) is 0 Å². The molecule has 1 unspecified atom stereocenters. The molecule has 0 fully saturated rings. The lowest BCUT2D eigenvalue weighted by atomic mass is 9.92. The SMILES string of the molecule is CCC(=O)C1(Br)C=CC(OC)=C(OC)C1. The number of methoxy groups -OCH3 is 2. The first-order valence-electron chi connectivity index (χ1n) is 4.80. The second-order valence-electron chi connectivity index (χ2n) is 3.34. The summed E-state index contributed by atoms with van der Waals surface area (Å²) in [5.41, 5.74) is 0. The highest BCUT2D eigenvalue weighted by atomic mass is 79.9. The van der Waals surface area contributed by atoms with Crippen LogP contribution in [-0.2, 0) is 14.3 Å². The molecule has 0 radical (unpaired) electrons. The van der Waals surface area contributed by atoms with Crippen molar-refractivity contribution in [3.05, 3.63) is 23.7 Å². The molecule has 15 heavy (non-hydrogen) atoms. The third kappa shape index (κ3) is 2.43. The lowest BCUT2D eigenvalue weighted by Gasteiger charge is -2.27. The number of rotatable bonds is 4. The van der Waals surface area contributed by atoms with E-state index in [1.807, 2.05) is 13.0 Å². The van der Waals surface area contributed by atoms with Crippen LogP contribution in [0.1, 0.15) is 19.8 Å². The molecule has 0 aliphatic heterocycles. The molecular weight excluding hydrogens is 260 g/mol. The van der Waals surface area contributed by atoms with Gasteiger partial charge in [-0.1, -0.05) is 28.9 Å². The van der Waals surface area contributed by atoms with Crippen LogP contribution >= 0.6 is 15.9 Å². The summed E-state index contributed by atoms with van der Waals surface area (Å²) in [4.78, 5) is 11.7. The maximum atomic E-state index is 11.7. The van der Waals surface area contributed by atoms with Crippen molar-refractivity contribution >= 4 is 21.7 Å². The van der Waals surface area contributed by atoms with Gasteiger partial charge in [0.1, 0.15) is 10.1 Å². The maximum absolute atomic E-state index is 11.7. The molecule has 1 aliphatic carbocycles. The van der Waals surface area contributed by atoms with E-state index in [-0.39, 0.29) is 5.78 Å². The van der Waals surface area contributed by atoms with Crippen LogP contribution in [0.4, 0.5) is 0 Å². The Kier molecular flexibility index (Phi) is 3.97. The number of hydrogen-bond acceptors (Lipinski definition) is 3. The molecule has 0 aromatic heterocycles. The normalized spacial score (nSPS) is 25.3.